The third kappa shape index (κ3) is 6.20. The third-order valence-electron chi connectivity index (χ3n) is 6.57. The highest BCUT2D eigenvalue weighted by Gasteiger charge is 2.54. The summed E-state index contributed by atoms with van der Waals surface area (Å²) in [6.45, 7) is 8.82. The molecule has 1 aliphatic heterocycles. The van der Waals surface area contributed by atoms with Crippen molar-refractivity contribution in [2.75, 3.05) is 13.2 Å². The number of rotatable bonds is 8. The number of nitrogens with zero attached hydrogens (tertiary/aromatic N) is 1. The Balaban J connectivity index is 1.98. The molecule has 1 atom stereocenters. The third-order valence-corrected chi connectivity index (χ3v) is 10.8. The van der Waals surface area contributed by atoms with Gasteiger partial charge in [0.1, 0.15) is 5.60 Å². The SMILES string of the molecule is CCOC(=O)C(NP(=S)(c1ccccc1)c1ccccc1)(C1=CCN(C(=O)OC(C)(C)C)C1=O)c1cccc(C)c1. The fraction of sp³-hybridized carbons (Fsp3) is 0.281. The molecule has 1 heterocycles. The van der Waals surface area contributed by atoms with Crippen LogP contribution in [-0.4, -0.2) is 41.6 Å². The van der Waals surface area contributed by atoms with Crippen LogP contribution in [0.5, 0.6) is 0 Å². The Bertz CT molecular complexity index is 1470. The topological polar surface area (TPSA) is 84.9 Å². The summed E-state index contributed by atoms with van der Waals surface area (Å²) in [7, 11) is 0. The average molecular weight is 591 g/mol. The molecule has 0 saturated heterocycles. The highest BCUT2D eigenvalue weighted by Crippen LogP contribution is 2.48. The molecule has 0 saturated carbocycles. The minimum Gasteiger partial charge on any atom is -0.464 e. The summed E-state index contributed by atoms with van der Waals surface area (Å²) in [5.41, 5.74) is -1.21. The number of benzene rings is 3. The number of nitrogens with one attached hydrogen (secondary N) is 1. The van der Waals surface area contributed by atoms with Gasteiger partial charge in [0.2, 0.25) is 0 Å². The minimum atomic E-state index is -3.00. The van der Waals surface area contributed by atoms with Crippen molar-refractivity contribution in [3.63, 3.8) is 0 Å². The summed E-state index contributed by atoms with van der Waals surface area (Å²) in [5, 5.41) is 5.17. The van der Waals surface area contributed by atoms with Gasteiger partial charge in [-0.15, -0.1) is 0 Å². The van der Waals surface area contributed by atoms with Gasteiger partial charge in [-0.05, 0) is 40.2 Å². The molecule has 3 aromatic rings. The Hall–Kier alpha value is -3.58. The number of ether oxygens (including phenoxy) is 2. The van der Waals surface area contributed by atoms with Crippen LogP contribution >= 0.6 is 6.19 Å². The zero-order valence-electron chi connectivity index (χ0n) is 23.9. The molecule has 0 bridgehead atoms. The number of amides is 2. The van der Waals surface area contributed by atoms with Crippen molar-refractivity contribution in [1.29, 1.82) is 0 Å². The van der Waals surface area contributed by atoms with E-state index in [1.165, 1.54) is 0 Å². The minimum absolute atomic E-state index is 0.0583. The van der Waals surface area contributed by atoms with E-state index >= 15 is 0 Å². The van der Waals surface area contributed by atoms with Crippen LogP contribution in [0.1, 0.15) is 38.8 Å². The van der Waals surface area contributed by atoms with E-state index in [0.717, 1.165) is 21.1 Å². The first kappa shape index (κ1) is 30.4. The van der Waals surface area contributed by atoms with Gasteiger partial charge in [-0.25, -0.2) is 14.5 Å². The van der Waals surface area contributed by atoms with Gasteiger partial charge in [0.25, 0.3) is 5.91 Å². The van der Waals surface area contributed by atoms with Crippen LogP contribution in [0.2, 0.25) is 0 Å². The van der Waals surface area contributed by atoms with Crippen molar-refractivity contribution >= 4 is 46.6 Å². The van der Waals surface area contributed by atoms with E-state index in [9.17, 15) is 14.4 Å². The van der Waals surface area contributed by atoms with E-state index < -0.39 is 35.3 Å². The Morgan fingerprint density at radius 3 is 2.05 bits per heavy atom. The molecule has 7 nitrogen and oxygen atoms in total. The molecule has 0 spiro atoms. The van der Waals surface area contributed by atoms with Gasteiger partial charge in [0.05, 0.1) is 24.9 Å². The number of hydrogen-bond acceptors (Lipinski definition) is 6. The van der Waals surface area contributed by atoms with Crippen molar-refractivity contribution in [1.82, 2.24) is 9.99 Å². The molecule has 4 rings (SSSR count). The second-order valence-electron chi connectivity index (χ2n) is 10.7. The number of hydrogen-bond donors (Lipinski definition) is 1. The standard InChI is InChI=1S/C32H35N2O5PS/c1-6-38-29(36)32(24-15-13-14-23(2)22-24,27-20-21-34(28(27)35)30(37)39-31(3,4)5)33-40(41,25-16-9-7-10-17-25)26-18-11-8-12-19-26/h7-20,22H,6,21H2,1-5H3,(H,33,41). The smallest absolute Gasteiger partial charge is 0.417 e. The number of carbonyl (C=O) groups excluding carboxylic acids is 3. The van der Waals surface area contributed by atoms with E-state index in [1.54, 1.807) is 39.8 Å². The zero-order valence-corrected chi connectivity index (χ0v) is 25.6. The number of imide groups is 1. The number of aryl methyl sites for hydroxylation is 1. The molecule has 0 radical (unpaired) electrons. The molecule has 1 aliphatic rings. The molecule has 9 heteroatoms. The highest BCUT2D eigenvalue weighted by atomic mass is 32.4. The number of carbonyl (C=O) groups is 3. The first-order chi connectivity index (χ1) is 19.4. The number of esters is 1. The Morgan fingerprint density at radius 1 is 0.951 bits per heavy atom. The van der Waals surface area contributed by atoms with E-state index in [4.69, 9.17) is 21.3 Å². The molecular formula is C32H35N2O5PS. The Kier molecular flexibility index (Phi) is 8.97. The molecule has 0 aromatic heterocycles. The van der Waals surface area contributed by atoms with Gasteiger partial charge < -0.3 is 9.47 Å². The maximum absolute atomic E-state index is 14.3. The van der Waals surface area contributed by atoms with Crippen LogP contribution < -0.4 is 15.7 Å². The van der Waals surface area contributed by atoms with E-state index in [0.29, 0.717) is 5.56 Å². The van der Waals surface area contributed by atoms with E-state index in [1.807, 2.05) is 85.8 Å². The first-order valence-corrected chi connectivity index (χ1v) is 16.2. The molecule has 0 aliphatic carbocycles. The molecule has 0 fully saturated rings. The summed E-state index contributed by atoms with van der Waals surface area (Å²) in [6.07, 6.45) is -2.20. The molecule has 1 unspecified atom stereocenters. The van der Waals surface area contributed by atoms with Crippen molar-refractivity contribution < 1.29 is 23.9 Å². The van der Waals surface area contributed by atoms with Gasteiger partial charge >= 0.3 is 12.1 Å². The largest absolute Gasteiger partial charge is 0.464 e. The van der Waals surface area contributed by atoms with Gasteiger partial charge in [0.15, 0.2) is 5.54 Å². The van der Waals surface area contributed by atoms with Crippen LogP contribution in [0.25, 0.3) is 0 Å². The zero-order chi connectivity index (χ0) is 29.8. The monoisotopic (exact) mass is 590 g/mol. The second kappa shape index (κ2) is 12.1. The fourth-order valence-electron chi connectivity index (χ4n) is 4.75. The predicted molar refractivity (Wildman–Crippen MR) is 165 cm³/mol. The lowest BCUT2D eigenvalue weighted by atomic mass is 9.82. The van der Waals surface area contributed by atoms with Gasteiger partial charge in [-0.2, -0.15) is 0 Å². The molecule has 41 heavy (non-hydrogen) atoms. The fourth-order valence-corrected chi connectivity index (χ4v) is 8.44. The molecule has 1 N–H and O–H groups in total. The lowest BCUT2D eigenvalue weighted by Gasteiger charge is -2.39. The summed E-state index contributed by atoms with van der Waals surface area (Å²) in [5.74, 6) is -1.33. The van der Waals surface area contributed by atoms with Crippen LogP contribution in [-0.2, 0) is 36.4 Å². The maximum atomic E-state index is 14.3. The Labute approximate surface area is 246 Å². The Morgan fingerprint density at radius 2 is 1.54 bits per heavy atom. The quantitative estimate of drug-likeness (QED) is 0.289. The van der Waals surface area contributed by atoms with E-state index in [-0.39, 0.29) is 18.7 Å². The predicted octanol–water partition coefficient (Wildman–Crippen LogP) is 5.09. The second-order valence-corrected chi connectivity index (χ2v) is 14.9. The van der Waals surface area contributed by atoms with Crippen molar-refractivity contribution in [2.24, 2.45) is 0 Å². The van der Waals surface area contributed by atoms with Gasteiger partial charge in [-0.3, -0.25) is 9.88 Å². The van der Waals surface area contributed by atoms with Crippen molar-refractivity contribution in [2.45, 2.75) is 45.8 Å². The van der Waals surface area contributed by atoms with Crippen LogP contribution in [0.3, 0.4) is 0 Å². The van der Waals surface area contributed by atoms with Gasteiger partial charge in [-0.1, -0.05) is 108 Å². The van der Waals surface area contributed by atoms with Gasteiger partial charge in [0, 0.05) is 10.6 Å². The molecule has 3 aromatic carbocycles. The lowest BCUT2D eigenvalue weighted by Crippen LogP contribution is -2.55. The van der Waals surface area contributed by atoms with Crippen molar-refractivity contribution in [3.8, 4) is 0 Å². The van der Waals surface area contributed by atoms with Crippen LogP contribution in [0.4, 0.5) is 4.79 Å². The summed E-state index contributed by atoms with van der Waals surface area (Å²) in [6, 6.07) is 26.4. The summed E-state index contributed by atoms with van der Waals surface area (Å²) >= 11 is 6.49. The van der Waals surface area contributed by atoms with Crippen LogP contribution in [0.15, 0.2) is 96.6 Å². The molecule has 214 valence electrons. The average Bonchev–Trinajstić information content (AvgIpc) is 3.33. The van der Waals surface area contributed by atoms with Crippen molar-refractivity contribution in [3.05, 3.63) is 108 Å². The molecular weight excluding hydrogens is 555 g/mol. The first-order valence-electron chi connectivity index (χ1n) is 13.4. The molecule has 2 amide bonds. The summed E-state index contributed by atoms with van der Waals surface area (Å²) < 4.78 is 11.2. The lowest BCUT2D eigenvalue weighted by molar-refractivity contribution is -0.150. The van der Waals surface area contributed by atoms with E-state index in [2.05, 4.69) is 5.09 Å². The normalized spacial score (nSPS) is 15.2. The highest BCUT2D eigenvalue weighted by molar-refractivity contribution is 8.21. The summed E-state index contributed by atoms with van der Waals surface area (Å²) in [4.78, 5) is 42.5. The maximum Gasteiger partial charge on any atom is 0.417 e. The van der Waals surface area contributed by atoms with Crippen LogP contribution in [0, 0.1) is 6.92 Å².